The van der Waals surface area contributed by atoms with Crippen molar-refractivity contribution in [3.05, 3.63) is 23.8 Å². The third kappa shape index (κ3) is 1.64. The van der Waals surface area contributed by atoms with Gasteiger partial charge in [0.1, 0.15) is 0 Å². The van der Waals surface area contributed by atoms with Crippen LogP contribution in [-0.2, 0) is 20.8 Å². The average Bonchev–Trinajstić information content (AvgIpc) is 2.44. The fourth-order valence-corrected chi connectivity index (χ4v) is 2.28. The average molecular weight is 245 g/mol. The second-order valence-electron chi connectivity index (χ2n) is 3.66. The van der Waals surface area contributed by atoms with Crippen molar-refractivity contribution in [2.45, 2.75) is 18.2 Å². The van der Waals surface area contributed by atoms with Gasteiger partial charge in [-0.05, 0) is 0 Å². The number of nitrogens with zero attached hydrogens (tertiary/aromatic N) is 1. The van der Waals surface area contributed by atoms with Gasteiger partial charge in [0.05, 0.1) is 0 Å². The summed E-state index contributed by atoms with van der Waals surface area (Å²) < 4.78 is 0. The molecule has 0 aliphatic carbocycles. The number of carbonyl (C=O) groups is 1. The van der Waals surface area contributed by atoms with Crippen molar-refractivity contribution in [3.8, 4) is 0 Å². The Balaban J connectivity index is 2.46. The van der Waals surface area contributed by atoms with Gasteiger partial charge in [0.2, 0.25) is 0 Å². The predicted molar refractivity (Wildman–Crippen MR) is 56.2 cm³/mol. The minimum absolute atomic E-state index is 0.0810. The van der Waals surface area contributed by atoms with Gasteiger partial charge in [0.25, 0.3) is 0 Å². The van der Waals surface area contributed by atoms with E-state index in [0.717, 1.165) is 24.2 Å². The van der Waals surface area contributed by atoms with Gasteiger partial charge < -0.3 is 0 Å². The molecule has 4 heteroatoms. The molecule has 0 bridgehead atoms. The van der Waals surface area contributed by atoms with E-state index in [4.69, 9.17) is 5.73 Å². The van der Waals surface area contributed by atoms with E-state index in [2.05, 4.69) is 22.9 Å². The van der Waals surface area contributed by atoms with Gasteiger partial charge in [-0.3, -0.25) is 0 Å². The Morgan fingerprint density at radius 2 is 2.27 bits per heavy atom. The Bertz CT molecular complexity index is 406. The van der Waals surface area contributed by atoms with E-state index in [9.17, 15) is 4.79 Å². The number of rotatable bonds is 2. The number of hydrogen-bond acceptors (Lipinski definition) is 2. The van der Waals surface area contributed by atoms with Crippen molar-refractivity contribution in [1.82, 2.24) is 0 Å². The number of hydrogen-bond donors (Lipinski definition) is 1. The molecule has 1 unspecified atom stereocenters. The number of nitrogen functional groups attached to an aromatic ring is 1. The van der Waals surface area contributed by atoms with Crippen LogP contribution in [0.5, 0.6) is 0 Å². The van der Waals surface area contributed by atoms with E-state index in [1.54, 1.807) is 4.90 Å². The molecule has 1 aliphatic rings. The van der Waals surface area contributed by atoms with Crippen LogP contribution in [0.25, 0.3) is 0 Å². The summed E-state index contributed by atoms with van der Waals surface area (Å²) in [6.07, 6.45) is 0.947. The number of anilines is 2. The first kappa shape index (κ1) is 10.5. The molecule has 81 valence electrons. The predicted octanol–water partition coefficient (Wildman–Crippen LogP) is 1.61. The van der Waals surface area contributed by atoms with Crippen LogP contribution in [0, 0.1) is 0 Å². The molecule has 1 aliphatic heterocycles. The molecule has 0 aromatic heterocycles. The molecule has 1 aromatic carbocycles. The molecule has 0 fully saturated rings. The topological polar surface area (TPSA) is 46.3 Å². The van der Waals surface area contributed by atoms with Crippen LogP contribution in [0.2, 0.25) is 0 Å². The summed E-state index contributed by atoms with van der Waals surface area (Å²) in [6, 6.07) is 5.58. The van der Waals surface area contributed by atoms with E-state index in [1.807, 2.05) is 18.2 Å². The molecular formula is C11H13FeN2O. The second-order valence-corrected chi connectivity index (χ2v) is 4.29. The monoisotopic (exact) mass is 245 g/mol. The molecule has 0 saturated carbocycles. The normalized spacial score (nSPS) is 19.5. The summed E-state index contributed by atoms with van der Waals surface area (Å²) in [6.45, 7) is 2.81. The first-order valence-corrected chi connectivity index (χ1v) is 5.62. The van der Waals surface area contributed by atoms with E-state index in [0.29, 0.717) is 5.69 Å². The van der Waals surface area contributed by atoms with Crippen LogP contribution in [-0.4, -0.2) is 12.5 Å². The summed E-state index contributed by atoms with van der Waals surface area (Å²) in [4.78, 5) is 13.4. The fourth-order valence-electron chi connectivity index (χ4n) is 1.86. The van der Waals surface area contributed by atoms with Gasteiger partial charge >= 0.3 is 97.2 Å². The van der Waals surface area contributed by atoms with Crippen molar-refractivity contribution in [3.63, 3.8) is 0 Å². The van der Waals surface area contributed by atoms with E-state index in [1.165, 1.54) is 0 Å². The maximum absolute atomic E-state index is 11.9. The van der Waals surface area contributed by atoms with Gasteiger partial charge in [-0.15, -0.1) is 0 Å². The van der Waals surface area contributed by atoms with Crippen molar-refractivity contribution in [1.29, 1.82) is 0 Å². The Morgan fingerprint density at radius 3 is 2.93 bits per heavy atom. The molecule has 1 heterocycles. The molecule has 0 saturated heterocycles. The Labute approximate surface area is 97.4 Å². The maximum atomic E-state index is 11.9. The zero-order valence-corrected chi connectivity index (χ0v) is 9.61. The van der Waals surface area contributed by atoms with Crippen LogP contribution < -0.4 is 10.6 Å². The van der Waals surface area contributed by atoms with Crippen LogP contribution in [0.1, 0.15) is 23.7 Å². The SMILES string of the molecule is CCCN1C(=O)[CH]([Fe])c2cc(N)ccc21. The zero-order valence-electron chi connectivity index (χ0n) is 8.51. The van der Waals surface area contributed by atoms with Crippen LogP contribution in [0.15, 0.2) is 18.2 Å². The van der Waals surface area contributed by atoms with Crippen molar-refractivity contribution in [2.24, 2.45) is 0 Å². The number of carbonyl (C=O) groups excluding carboxylic acids is 1. The van der Waals surface area contributed by atoms with Crippen molar-refractivity contribution < 1.29 is 20.8 Å². The summed E-state index contributed by atoms with van der Waals surface area (Å²) in [5.41, 5.74) is 8.31. The van der Waals surface area contributed by atoms with Gasteiger partial charge in [-0.1, -0.05) is 0 Å². The van der Waals surface area contributed by atoms with Gasteiger partial charge in [0, 0.05) is 0 Å². The number of nitrogens with two attached hydrogens (primary N) is 1. The Kier molecular flexibility index (Phi) is 2.72. The summed E-state index contributed by atoms with van der Waals surface area (Å²) >= 11 is 3.89. The number of amides is 1. The molecule has 1 amide bonds. The first-order chi connectivity index (χ1) is 7.15. The molecule has 0 spiro atoms. The molecule has 1 atom stereocenters. The molecular weight excluding hydrogens is 232 g/mol. The third-order valence-electron chi connectivity index (χ3n) is 2.53. The summed E-state index contributed by atoms with van der Waals surface area (Å²) in [5.74, 6) is 0.0810. The Hall–Kier alpha value is -0.991. The standard InChI is InChI=1S/C11H13N2O.Fe/c1-2-5-13-10-4-3-9(12)6-8(10)7-11(13)14;/h3-4,6-7H,2,5,12H2,1H3;. The van der Waals surface area contributed by atoms with Gasteiger partial charge in [0.15, 0.2) is 0 Å². The molecule has 1 aromatic rings. The minimum atomic E-state index is -0.296. The molecule has 15 heavy (non-hydrogen) atoms. The molecule has 2 rings (SSSR count). The fraction of sp³-hybridized carbons (Fsp3) is 0.364. The van der Waals surface area contributed by atoms with E-state index < -0.39 is 0 Å². The van der Waals surface area contributed by atoms with Gasteiger partial charge in [-0.2, -0.15) is 0 Å². The van der Waals surface area contributed by atoms with E-state index in [-0.39, 0.29) is 10.7 Å². The van der Waals surface area contributed by atoms with Crippen LogP contribution >= 0.6 is 0 Å². The van der Waals surface area contributed by atoms with Crippen molar-refractivity contribution >= 4 is 17.3 Å². The van der Waals surface area contributed by atoms with E-state index >= 15 is 0 Å². The molecule has 0 radical (unpaired) electrons. The molecule has 3 nitrogen and oxygen atoms in total. The second kappa shape index (κ2) is 3.87. The first-order valence-electron chi connectivity index (χ1n) is 4.98. The quantitative estimate of drug-likeness (QED) is 0.635. The van der Waals surface area contributed by atoms with Crippen LogP contribution in [0.3, 0.4) is 0 Å². The van der Waals surface area contributed by atoms with Crippen LogP contribution in [0.4, 0.5) is 11.4 Å². The summed E-state index contributed by atoms with van der Waals surface area (Å²) in [5, 5.41) is 0. The van der Waals surface area contributed by atoms with Crippen molar-refractivity contribution in [2.75, 3.05) is 17.2 Å². The Morgan fingerprint density at radius 1 is 1.53 bits per heavy atom. The third-order valence-corrected chi connectivity index (χ3v) is 3.15. The molecule has 2 N–H and O–H groups in total. The zero-order chi connectivity index (χ0) is 11.0. The number of fused-ring (bicyclic) bond motifs is 1. The summed E-state index contributed by atoms with van der Waals surface area (Å²) in [7, 11) is 0. The van der Waals surface area contributed by atoms with Gasteiger partial charge in [-0.25, -0.2) is 0 Å². The number of benzene rings is 1.